The number of carbonyl (C=O) groups excluding carboxylic acids is 2. The highest BCUT2D eigenvalue weighted by Gasteiger charge is 2.19. The molecule has 0 fully saturated rings. The molecule has 0 aliphatic rings. The van der Waals surface area contributed by atoms with Crippen LogP contribution in [-0.4, -0.2) is 25.7 Å². The SMILES string of the molecule is CCCCCOC(=O)c1ccccc1C(=O)OCc1ccc(OC)cc1. The van der Waals surface area contributed by atoms with Crippen LogP contribution in [0.15, 0.2) is 48.5 Å². The van der Waals surface area contributed by atoms with E-state index in [2.05, 4.69) is 6.92 Å². The normalized spacial score (nSPS) is 10.2. The predicted molar refractivity (Wildman–Crippen MR) is 98.4 cm³/mol. The lowest BCUT2D eigenvalue weighted by atomic mass is 10.1. The van der Waals surface area contributed by atoms with Crippen LogP contribution in [0.2, 0.25) is 0 Å². The van der Waals surface area contributed by atoms with Crippen LogP contribution in [0.25, 0.3) is 0 Å². The Morgan fingerprint density at radius 3 is 2.04 bits per heavy atom. The lowest BCUT2D eigenvalue weighted by molar-refractivity contribution is 0.0436. The first kappa shape index (κ1) is 19.5. The van der Waals surface area contributed by atoms with Crippen molar-refractivity contribution >= 4 is 11.9 Å². The molecular formula is C21H24O5. The summed E-state index contributed by atoms with van der Waals surface area (Å²) in [5.41, 5.74) is 1.27. The maximum Gasteiger partial charge on any atom is 0.339 e. The largest absolute Gasteiger partial charge is 0.497 e. The fourth-order valence-corrected chi connectivity index (χ4v) is 2.38. The molecule has 138 valence electrons. The smallest absolute Gasteiger partial charge is 0.339 e. The third-order valence-corrected chi connectivity index (χ3v) is 3.88. The summed E-state index contributed by atoms with van der Waals surface area (Å²) in [5.74, 6) is -0.323. The Balaban J connectivity index is 1.98. The van der Waals surface area contributed by atoms with Gasteiger partial charge in [0.25, 0.3) is 0 Å². The zero-order valence-electron chi connectivity index (χ0n) is 15.2. The van der Waals surface area contributed by atoms with Crippen molar-refractivity contribution in [1.29, 1.82) is 0 Å². The van der Waals surface area contributed by atoms with Crippen molar-refractivity contribution < 1.29 is 23.8 Å². The van der Waals surface area contributed by atoms with Gasteiger partial charge in [-0.25, -0.2) is 9.59 Å². The number of benzene rings is 2. The molecule has 0 aliphatic heterocycles. The van der Waals surface area contributed by atoms with E-state index in [4.69, 9.17) is 14.2 Å². The third kappa shape index (κ3) is 5.62. The summed E-state index contributed by atoms with van der Waals surface area (Å²) >= 11 is 0. The number of ether oxygens (including phenoxy) is 3. The minimum absolute atomic E-state index is 0.114. The molecule has 2 aromatic rings. The average molecular weight is 356 g/mol. The zero-order chi connectivity index (χ0) is 18.8. The van der Waals surface area contributed by atoms with Gasteiger partial charge in [-0.1, -0.05) is 44.0 Å². The van der Waals surface area contributed by atoms with Crippen LogP contribution in [0.1, 0.15) is 52.5 Å². The van der Waals surface area contributed by atoms with Crippen molar-refractivity contribution in [2.45, 2.75) is 32.8 Å². The van der Waals surface area contributed by atoms with Crippen molar-refractivity contribution in [3.8, 4) is 5.75 Å². The first-order valence-electron chi connectivity index (χ1n) is 8.72. The highest BCUT2D eigenvalue weighted by atomic mass is 16.5. The van der Waals surface area contributed by atoms with E-state index in [9.17, 15) is 9.59 Å². The molecule has 5 nitrogen and oxygen atoms in total. The van der Waals surface area contributed by atoms with Gasteiger partial charge < -0.3 is 14.2 Å². The van der Waals surface area contributed by atoms with Crippen LogP contribution in [0.4, 0.5) is 0 Å². The molecule has 5 heteroatoms. The first-order chi connectivity index (χ1) is 12.7. The molecule has 0 radical (unpaired) electrons. The summed E-state index contributed by atoms with van der Waals surface area (Å²) in [4.78, 5) is 24.6. The Labute approximate surface area is 153 Å². The Morgan fingerprint density at radius 1 is 0.846 bits per heavy atom. The van der Waals surface area contributed by atoms with Gasteiger partial charge in [-0.2, -0.15) is 0 Å². The summed E-state index contributed by atoms with van der Waals surface area (Å²) in [6, 6.07) is 13.8. The Bertz CT molecular complexity index is 721. The molecule has 0 aromatic heterocycles. The molecule has 0 N–H and O–H groups in total. The van der Waals surface area contributed by atoms with Gasteiger partial charge in [0.05, 0.1) is 24.8 Å². The zero-order valence-corrected chi connectivity index (χ0v) is 15.2. The van der Waals surface area contributed by atoms with Crippen LogP contribution in [0.3, 0.4) is 0 Å². The fraction of sp³-hybridized carbons (Fsp3) is 0.333. The maximum absolute atomic E-state index is 12.4. The molecule has 0 unspecified atom stereocenters. The molecule has 0 atom stereocenters. The van der Waals surface area contributed by atoms with Crippen LogP contribution in [-0.2, 0) is 16.1 Å². The van der Waals surface area contributed by atoms with E-state index in [1.807, 2.05) is 12.1 Å². The van der Waals surface area contributed by atoms with Gasteiger partial charge in [-0.3, -0.25) is 0 Å². The number of methoxy groups -OCH3 is 1. The van der Waals surface area contributed by atoms with E-state index in [-0.39, 0.29) is 17.7 Å². The van der Waals surface area contributed by atoms with Gasteiger partial charge in [0, 0.05) is 0 Å². The Kier molecular flexibility index (Phi) is 7.68. The van der Waals surface area contributed by atoms with Crippen molar-refractivity contribution in [3.05, 3.63) is 65.2 Å². The summed E-state index contributed by atoms with van der Waals surface area (Å²) < 4.78 is 15.7. The quantitative estimate of drug-likeness (QED) is 0.492. The van der Waals surface area contributed by atoms with E-state index in [1.165, 1.54) is 0 Å². The van der Waals surface area contributed by atoms with Crippen LogP contribution in [0, 0.1) is 0 Å². The monoisotopic (exact) mass is 356 g/mol. The second kappa shape index (κ2) is 10.2. The first-order valence-corrected chi connectivity index (χ1v) is 8.72. The Hall–Kier alpha value is -2.82. The molecule has 0 bridgehead atoms. The van der Waals surface area contributed by atoms with Gasteiger partial charge in [0.1, 0.15) is 12.4 Å². The Morgan fingerprint density at radius 2 is 1.46 bits per heavy atom. The molecule has 26 heavy (non-hydrogen) atoms. The highest BCUT2D eigenvalue weighted by Crippen LogP contribution is 2.15. The molecule has 0 heterocycles. The third-order valence-electron chi connectivity index (χ3n) is 3.88. The highest BCUT2D eigenvalue weighted by molar-refractivity contribution is 6.03. The topological polar surface area (TPSA) is 61.8 Å². The predicted octanol–water partition coefficient (Wildman–Crippen LogP) is 4.40. The van der Waals surface area contributed by atoms with Crippen molar-refractivity contribution in [2.75, 3.05) is 13.7 Å². The lowest BCUT2D eigenvalue weighted by Crippen LogP contribution is -2.14. The van der Waals surface area contributed by atoms with Gasteiger partial charge in [0.2, 0.25) is 0 Å². The summed E-state index contributed by atoms with van der Waals surface area (Å²) in [7, 11) is 1.59. The van der Waals surface area contributed by atoms with E-state index in [0.717, 1.165) is 30.6 Å². The minimum Gasteiger partial charge on any atom is -0.497 e. The molecule has 0 saturated carbocycles. The van der Waals surface area contributed by atoms with Crippen LogP contribution < -0.4 is 4.74 Å². The van der Waals surface area contributed by atoms with E-state index >= 15 is 0 Å². The number of esters is 2. The average Bonchev–Trinajstić information content (AvgIpc) is 2.69. The fourth-order valence-electron chi connectivity index (χ4n) is 2.38. The van der Waals surface area contributed by atoms with Crippen molar-refractivity contribution in [3.63, 3.8) is 0 Å². The molecule has 2 rings (SSSR count). The number of rotatable bonds is 9. The molecular weight excluding hydrogens is 332 g/mol. The van der Waals surface area contributed by atoms with E-state index < -0.39 is 11.9 Å². The van der Waals surface area contributed by atoms with E-state index in [1.54, 1.807) is 43.5 Å². The van der Waals surface area contributed by atoms with Gasteiger partial charge >= 0.3 is 11.9 Å². The number of unbranched alkanes of at least 4 members (excludes halogenated alkanes) is 2. The summed E-state index contributed by atoms with van der Waals surface area (Å²) in [6.45, 7) is 2.54. The molecule has 0 spiro atoms. The van der Waals surface area contributed by atoms with Crippen LogP contribution >= 0.6 is 0 Å². The van der Waals surface area contributed by atoms with Crippen molar-refractivity contribution in [1.82, 2.24) is 0 Å². The van der Waals surface area contributed by atoms with Crippen LogP contribution in [0.5, 0.6) is 5.75 Å². The molecule has 0 aliphatic carbocycles. The van der Waals surface area contributed by atoms with Gasteiger partial charge in [0.15, 0.2) is 0 Å². The number of carbonyl (C=O) groups is 2. The van der Waals surface area contributed by atoms with E-state index in [0.29, 0.717) is 6.61 Å². The molecule has 0 amide bonds. The lowest BCUT2D eigenvalue weighted by Gasteiger charge is -2.10. The van der Waals surface area contributed by atoms with Gasteiger partial charge in [-0.15, -0.1) is 0 Å². The summed E-state index contributed by atoms with van der Waals surface area (Å²) in [6.07, 6.45) is 2.86. The molecule has 0 saturated heterocycles. The number of hydrogen-bond acceptors (Lipinski definition) is 5. The molecule has 2 aromatic carbocycles. The standard InChI is InChI=1S/C21H24O5/c1-3-4-7-14-25-20(22)18-8-5-6-9-19(18)21(23)26-15-16-10-12-17(24-2)13-11-16/h5-6,8-13H,3-4,7,14-15H2,1-2H3. The van der Waals surface area contributed by atoms with Crippen molar-refractivity contribution in [2.24, 2.45) is 0 Å². The second-order valence-electron chi connectivity index (χ2n) is 5.81. The second-order valence-corrected chi connectivity index (χ2v) is 5.81. The summed E-state index contributed by atoms with van der Waals surface area (Å²) in [5, 5.41) is 0. The number of hydrogen-bond donors (Lipinski definition) is 0. The van der Waals surface area contributed by atoms with Gasteiger partial charge in [-0.05, 0) is 36.2 Å². The minimum atomic E-state index is -0.554. The maximum atomic E-state index is 12.4.